The van der Waals surface area contributed by atoms with E-state index in [9.17, 15) is 4.79 Å². The average molecular weight is 389 g/mol. The number of para-hydroxylation sites is 1. The zero-order valence-electron chi connectivity index (χ0n) is 16.5. The van der Waals surface area contributed by atoms with E-state index in [4.69, 9.17) is 0 Å². The minimum absolute atomic E-state index is 0.0246. The van der Waals surface area contributed by atoms with Gasteiger partial charge in [-0.2, -0.15) is 5.10 Å². The molecule has 0 fully saturated rings. The molecule has 4 rings (SSSR count). The molecule has 0 unspecified atom stereocenters. The van der Waals surface area contributed by atoms with Gasteiger partial charge in [-0.3, -0.25) is 14.0 Å². The Morgan fingerprint density at radius 2 is 1.97 bits per heavy atom. The van der Waals surface area contributed by atoms with Crippen molar-refractivity contribution >= 4 is 28.4 Å². The van der Waals surface area contributed by atoms with Crippen molar-refractivity contribution in [3.05, 3.63) is 60.4 Å². The number of benzene rings is 1. The highest BCUT2D eigenvalue weighted by molar-refractivity contribution is 5.90. The van der Waals surface area contributed by atoms with E-state index in [1.807, 2.05) is 67.2 Å². The van der Waals surface area contributed by atoms with Gasteiger partial charge in [0.25, 0.3) is 0 Å². The first-order valence-corrected chi connectivity index (χ1v) is 9.60. The Bertz CT molecular complexity index is 1130. The molecule has 0 aliphatic heterocycles. The van der Waals surface area contributed by atoms with Gasteiger partial charge in [-0.25, -0.2) is 0 Å². The number of nitrogens with zero attached hydrogens (tertiary/aromatic N) is 5. The summed E-state index contributed by atoms with van der Waals surface area (Å²) >= 11 is 0. The van der Waals surface area contributed by atoms with Crippen LogP contribution in [-0.4, -0.2) is 37.0 Å². The summed E-state index contributed by atoms with van der Waals surface area (Å²) in [5, 5.41) is 19.9. The van der Waals surface area contributed by atoms with E-state index in [-0.39, 0.29) is 5.91 Å². The van der Waals surface area contributed by atoms with Gasteiger partial charge < -0.3 is 10.6 Å². The highest BCUT2D eigenvalue weighted by Gasteiger charge is 2.13. The van der Waals surface area contributed by atoms with Crippen molar-refractivity contribution < 1.29 is 4.79 Å². The van der Waals surface area contributed by atoms with Crippen LogP contribution in [0.5, 0.6) is 0 Å². The molecule has 4 aromatic rings. The first-order valence-electron chi connectivity index (χ1n) is 9.60. The van der Waals surface area contributed by atoms with Gasteiger partial charge in [-0.05, 0) is 30.2 Å². The van der Waals surface area contributed by atoms with Crippen molar-refractivity contribution in [2.24, 2.45) is 7.05 Å². The van der Waals surface area contributed by atoms with Crippen LogP contribution in [0.4, 0.5) is 11.6 Å². The van der Waals surface area contributed by atoms with E-state index in [0.717, 1.165) is 28.7 Å². The molecule has 0 aliphatic rings. The summed E-state index contributed by atoms with van der Waals surface area (Å²) in [6.07, 6.45) is 4.94. The van der Waals surface area contributed by atoms with Crippen molar-refractivity contribution in [2.75, 3.05) is 11.9 Å². The number of carbonyl (C=O) groups is 1. The summed E-state index contributed by atoms with van der Waals surface area (Å²) in [6.45, 7) is 2.73. The standard InChI is InChI=1S/C21H23N7O/c1-3-11-22-21(29)13-15-14-28(17-7-5-4-6-16(15)17)20-9-8-18(25-26-20)24-19-10-12-23-27(19)2/h4-10,12,14H,3,11,13H2,1-2H3,(H,22,29)(H,24,25). The van der Waals surface area contributed by atoms with Crippen LogP contribution in [0.3, 0.4) is 0 Å². The smallest absolute Gasteiger partial charge is 0.224 e. The summed E-state index contributed by atoms with van der Waals surface area (Å²) in [6, 6.07) is 13.6. The Morgan fingerprint density at radius 3 is 2.69 bits per heavy atom. The molecule has 2 N–H and O–H groups in total. The fourth-order valence-electron chi connectivity index (χ4n) is 3.23. The lowest BCUT2D eigenvalue weighted by molar-refractivity contribution is -0.120. The lowest BCUT2D eigenvalue weighted by Crippen LogP contribution is -2.25. The summed E-state index contributed by atoms with van der Waals surface area (Å²) in [5.41, 5.74) is 1.96. The van der Waals surface area contributed by atoms with Crippen molar-refractivity contribution in [3.63, 3.8) is 0 Å². The van der Waals surface area contributed by atoms with Gasteiger partial charge in [0.05, 0.1) is 18.1 Å². The Hall–Kier alpha value is -3.68. The van der Waals surface area contributed by atoms with Crippen LogP contribution < -0.4 is 10.6 Å². The second-order valence-corrected chi connectivity index (χ2v) is 6.81. The summed E-state index contributed by atoms with van der Waals surface area (Å²) < 4.78 is 3.70. The summed E-state index contributed by atoms with van der Waals surface area (Å²) in [4.78, 5) is 12.2. The molecule has 0 spiro atoms. The Labute approximate surface area is 168 Å². The van der Waals surface area contributed by atoms with Crippen molar-refractivity contribution in [1.82, 2.24) is 29.9 Å². The van der Waals surface area contributed by atoms with Gasteiger partial charge >= 0.3 is 0 Å². The van der Waals surface area contributed by atoms with Crippen LogP contribution in [0, 0.1) is 0 Å². The van der Waals surface area contributed by atoms with E-state index in [2.05, 4.69) is 25.9 Å². The number of aromatic nitrogens is 5. The minimum atomic E-state index is 0.0246. The number of fused-ring (bicyclic) bond motifs is 1. The van der Waals surface area contributed by atoms with Gasteiger partial charge in [0.1, 0.15) is 5.82 Å². The zero-order valence-corrected chi connectivity index (χ0v) is 16.5. The number of carbonyl (C=O) groups excluding carboxylic acids is 1. The van der Waals surface area contributed by atoms with Crippen molar-refractivity contribution in [3.8, 4) is 5.82 Å². The molecule has 29 heavy (non-hydrogen) atoms. The summed E-state index contributed by atoms with van der Waals surface area (Å²) in [7, 11) is 1.86. The third-order valence-corrected chi connectivity index (χ3v) is 4.69. The second kappa shape index (κ2) is 8.14. The van der Waals surface area contributed by atoms with Crippen molar-refractivity contribution in [1.29, 1.82) is 0 Å². The van der Waals surface area contributed by atoms with E-state index >= 15 is 0 Å². The molecule has 0 aliphatic carbocycles. The molecule has 148 valence electrons. The fraction of sp³-hybridized carbons (Fsp3) is 0.238. The van der Waals surface area contributed by atoms with Gasteiger partial charge in [-0.1, -0.05) is 25.1 Å². The molecule has 3 aromatic heterocycles. The van der Waals surface area contributed by atoms with E-state index < -0.39 is 0 Å². The third kappa shape index (κ3) is 3.96. The number of rotatable bonds is 7. The molecule has 0 saturated carbocycles. The highest BCUT2D eigenvalue weighted by Crippen LogP contribution is 2.25. The van der Waals surface area contributed by atoms with E-state index in [1.54, 1.807) is 10.9 Å². The normalized spacial score (nSPS) is 11.0. The third-order valence-electron chi connectivity index (χ3n) is 4.69. The largest absolute Gasteiger partial charge is 0.356 e. The molecule has 8 heteroatoms. The van der Waals surface area contributed by atoms with Crippen LogP contribution in [-0.2, 0) is 18.3 Å². The van der Waals surface area contributed by atoms with Crippen LogP contribution in [0.15, 0.2) is 54.9 Å². The minimum Gasteiger partial charge on any atom is -0.356 e. The number of hydrogen-bond acceptors (Lipinski definition) is 5. The second-order valence-electron chi connectivity index (χ2n) is 6.81. The van der Waals surface area contributed by atoms with Gasteiger partial charge in [0, 0.05) is 31.2 Å². The van der Waals surface area contributed by atoms with Crippen LogP contribution in [0.25, 0.3) is 16.7 Å². The molecular formula is C21H23N7O. The molecular weight excluding hydrogens is 366 g/mol. The molecule has 0 bridgehead atoms. The molecule has 1 amide bonds. The fourth-order valence-corrected chi connectivity index (χ4v) is 3.23. The lowest BCUT2D eigenvalue weighted by atomic mass is 10.1. The topological polar surface area (TPSA) is 89.7 Å². The SMILES string of the molecule is CCCNC(=O)Cc1cn(-c2ccc(Nc3ccnn3C)nn2)c2ccccc12. The molecule has 1 aromatic carbocycles. The molecule has 0 radical (unpaired) electrons. The van der Waals surface area contributed by atoms with Gasteiger partial charge in [0.15, 0.2) is 11.6 Å². The van der Waals surface area contributed by atoms with E-state index in [1.165, 1.54) is 0 Å². The molecule has 0 atom stereocenters. The number of nitrogens with one attached hydrogen (secondary N) is 2. The molecule has 3 heterocycles. The monoisotopic (exact) mass is 389 g/mol. The Kier molecular flexibility index (Phi) is 5.24. The highest BCUT2D eigenvalue weighted by atomic mass is 16.1. The maximum atomic E-state index is 12.2. The number of aryl methyl sites for hydroxylation is 1. The zero-order chi connectivity index (χ0) is 20.2. The van der Waals surface area contributed by atoms with Gasteiger partial charge in [0.2, 0.25) is 5.91 Å². The number of hydrogen-bond donors (Lipinski definition) is 2. The Morgan fingerprint density at radius 1 is 1.10 bits per heavy atom. The van der Waals surface area contributed by atoms with Crippen LogP contribution in [0.2, 0.25) is 0 Å². The maximum Gasteiger partial charge on any atom is 0.224 e. The maximum absolute atomic E-state index is 12.2. The van der Waals surface area contributed by atoms with Gasteiger partial charge in [-0.15, -0.1) is 10.2 Å². The van der Waals surface area contributed by atoms with E-state index in [0.29, 0.717) is 24.6 Å². The van der Waals surface area contributed by atoms with Crippen molar-refractivity contribution in [2.45, 2.75) is 19.8 Å². The summed E-state index contributed by atoms with van der Waals surface area (Å²) in [5.74, 6) is 2.18. The Balaban J connectivity index is 1.62. The average Bonchev–Trinajstić information content (AvgIpc) is 3.31. The number of amides is 1. The lowest BCUT2D eigenvalue weighted by Gasteiger charge is -2.07. The molecule has 8 nitrogen and oxygen atoms in total. The molecule has 0 saturated heterocycles. The number of anilines is 2. The van der Waals surface area contributed by atoms with Crippen LogP contribution in [0.1, 0.15) is 18.9 Å². The first-order chi connectivity index (χ1) is 14.2. The predicted octanol–water partition coefficient (Wildman–Crippen LogP) is 2.97. The predicted molar refractivity (Wildman–Crippen MR) is 112 cm³/mol. The first kappa shape index (κ1) is 18.7. The van der Waals surface area contributed by atoms with Crippen LogP contribution >= 0.6 is 0 Å². The quantitative estimate of drug-likeness (QED) is 0.507.